The van der Waals surface area contributed by atoms with Gasteiger partial charge in [0.2, 0.25) is 0 Å². The molecule has 3 heteroatoms. The van der Waals surface area contributed by atoms with Gasteiger partial charge < -0.3 is 0 Å². The number of aromatic amines is 2. The Morgan fingerprint density at radius 3 is 2.67 bits per heavy atom. The molecule has 2 N–H and O–H groups in total. The highest BCUT2D eigenvalue weighted by atomic mass is 16.1. The zero-order chi connectivity index (χ0) is 10.3. The third kappa shape index (κ3) is 1.40. The van der Waals surface area contributed by atoms with Crippen molar-refractivity contribution in [3.63, 3.8) is 0 Å². The molecule has 1 aromatic carbocycles. The summed E-state index contributed by atoms with van der Waals surface area (Å²) in [5, 5.41) is 5.43. The number of H-pyrrole nitrogens is 2. The molecule has 1 heterocycles. The summed E-state index contributed by atoms with van der Waals surface area (Å²) in [4.78, 5) is 11.0. The first kappa shape index (κ1) is 8.53. The molecule has 76 valence electrons. The third-order valence-electron chi connectivity index (χ3n) is 3.01. The highest BCUT2D eigenvalue weighted by molar-refractivity contribution is 5.61. The predicted octanol–water partition coefficient (Wildman–Crippen LogP) is 1.86. The summed E-state index contributed by atoms with van der Waals surface area (Å²) < 4.78 is 0. The molecule has 0 amide bonds. The number of aromatic nitrogens is 2. The van der Waals surface area contributed by atoms with Crippen LogP contribution in [0.25, 0.3) is 11.3 Å². The molecule has 0 bridgehead atoms. The topological polar surface area (TPSA) is 48.6 Å². The van der Waals surface area contributed by atoms with Crippen molar-refractivity contribution in [2.45, 2.75) is 19.3 Å². The number of nitrogens with one attached hydrogen (secondary N) is 2. The van der Waals surface area contributed by atoms with Gasteiger partial charge in [0.25, 0.3) is 5.56 Å². The third-order valence-corrected chi connectivity index (χ3v) is 3.01. The number of fused-ring (bicyclic) bond motifs is 1. The van der Waals surface area contributed by atoms with Crippen LogP contribution in [-0.2, 0) is 12.8 Å². The van der Waals surface area contributed by atoms with Crippen LogP contribution in [0.4, 0.5) is 0 Å². The fraction of sp³-hybridized carbons (Fsp3) is 0.250. The van der Waals surface area contributed by atoms with E-state index in [1.165, 1.54) is 24.0 Å². The highest BCUT2D eigenvalue weighted by Gasteiger charge is 2.11. The van der Waals surface area contributed by atoms with Crippen molar-refractivity contribution in [2.24, 2.45) is 0 Å². The fourth-order valence-electron chi connectivity index (χ4n) is 2.23. The van der Waals surface area contributed by atoms with Gasteiger partial charge in [0.15, 0.2) is 0 Å². The van der Waals surface area contributed by atoms with Crippen molar-refractivity contribution in [2.75, 3.05) is 0 Å². The lowest BCUT2D eigenvalue weighted by molar-refractivity contribution is 0.912. The van der Waals surface area contributed by atoms with Crippen molar-refractivity contribution in [3.8, 4) is 11.3 Å². The lowest BCUT2D eigenvalue weighted by Crippen LogP contribution is -1.93. The van der Waals surface area contributed by atoms with Gasteiger partial charge in [-0.15, -0.1) is 0 Å². The van der Waals surface area contributed by atoms with Gasteiger partial charge in [-0.3, -0.25) is 15.0 Å². The second kappa shape index (κ2) is 3.12. The summed E-state index contributed by atoms with van der Waals surface area (Å²) in [6.45, 7) is 0. The molecule has 0 spiro atoms. The van der Waals surface area contributed by atoms with E-state index in [2.05, 4.69) is 28.4 Å². The lowest BCUT2D eigenvalue weighted by Gasteiger charge is -2.02. The minimum atomic E-state index is -0.0782. The van der Waals surface area contributed by atoms with Crippen LogP contribution < -0.4 is 5.56 Å². The van der Waals surface area contributed by atoms with Crippen molar-refractivity contribution in [1.29, 1.82) is 0 Å². The molecule has 15 heavy (non-hydrogen) atoms. The molecule has 0 fully saturated rings. The smallest absolute Gasteiger partial charge is 0.264 e. The molecule has 0 radical (unpaired) electrons. The van der Waals surface area contributed by atoms with Crippen LogP contribution in [0.15, 0.2) is 29.1 Å². The van der Waals surface area contributed by atoms with Gasteiger partial charge in [-0.25, -0.2) is 0 Å². The van der Waals surface area contributed by atoms with Gasteiger partial charge in [0, 0.05) is 6.07 Å². The summed E-state index contributed by atoms with van der Waals surface area (Å²) in [6.07, 6.45) is 3.61. The van der Waals surface area contributed by atoms with Gasteiger partial charge in [0.1, 0.15) is 0 Å². The number of rotatable bonds is 1. The van der Waals surface area contributed by atoms with Crippen molar-refractivity contribution in [1.82, 2.24) is 10.2 Å². The molecule has 0 atom stereocenters. The average molecular weight is 200 g/mol. The Bertz CT molecular complexity index is 551. The van der Waals surface area contributed by atoms with Gasteiger partial charge in [-0.1, -0.05) is 12.1 Å². The Morgan fingerprint density at radius 2 is 1.87 bits per heavy atom. The number of hydrogen-bond donors (Lipinski definition) is 2. The molecule has 3 nitrogen and oxygen atoms in total. The monoisotopic (exact) mass is 200 g/mol. The van der Waals surface area contributed by atoms with Crippen LogP contribution in [0, 0.1) is 0 Å². The Balaban J connectivity index is 2.10. The van der Waals surface area contributed by atoms with Crippen LogP contribution in [0.3, 0.4) is 0 Å². The fourth-order valence-corrected chi connectivity index (χ4v) is 2.23. The average Bonchev–Trinajstić information content (AvgIpc) is 2.84. The van der Waals surface area contributed by atoms with E-state index in [0.717, 1.165) is 17.7 Å². The first-order valence-corrected chi connectivity index (χ1v) is 5.23. The maximum absolute atomic E-state index is 11.0. The molecule has 2 aromatic rings. The molecule has 1 aromatic heterocycles. The zero-order valence-corrected chi connectivity index (χ0v) is 8.34. The van der Waals surface area contributed by atoms with Gasteiger partial charge in [0.05, 0.1) is 5.69 Å². The summed E-state index contributed by atoms with van der Waals surface area (Å²) >= 11 is 0. The van der Waals surface area contributed by atoms with E-state index in [9.17, 15) is 4.79 Å². The van der Waals surface area contributed by atoms with Crippen LogP contribution in [0.2, 0.25) is 0 Å². The highest BCUT2D eigenvalue weighted by Crippen LogP contribution is 2.26. The van der Waals surface area contributed by atoms with E-state index < -0.39 is 0 Å². The first-order chi connectivity index (χ1) is 7.33. The Kier molecular flexibility index (Phi) is 1.78. The van der Waals surface area contributed by atoms with E-state index in [1.807, 2.05) is 0 Å². The van der Waals surface area contributed by atoms with E-state index in [-0.39, 0.29) is 5.56 Å². The van der Waals surface area contributed by atoms with Gasteiger partial charge in [-0.2, -0.15) is 0 Å². The molecular weight excluding hydrogens is 188 g/mol. The van der Waals surface area contributed by atoms with Crippen LogP contribution in [0.5, 0.6) is 0 Å². The van der Waals surface area contributed by atoms with Crippen molar-refractivity contribution < 1.29 is 0 Å². The molecule has 0 unspecified atom stereocenters. The van der Waals surface area contributed by atoms with Crippen molar-refractivity contribution in [3.05, 3.63) is 45.7 Å². The zero-order valence-electron chi connectivity index (χ0n) is 8.34. The second-order valence-corrected chi connectivity index (χ2v) is 4.01. The van der Waals surface area contributed by atoms with Crippen LogP contribution >= 0.6 is 0 Å². The van der Waals surface area contributed by atoms with E-state index >= 15 is 0 Å². The minimum absolute atomic E-state index is 0.0782. The SMILES string of the molecule is O=c1cc(-c2ccc3c(c2)CCC3)[nH][nH]1. The van der Waals surface area contributed by atoms with Gasteiger partial charge in [-0.05, 0) is 42.0 Å². The van der Waals surface area contributed by atoms with E-state index in [4.69, 9.17) is 0 Å². The standard InChI is InChI=1S/C12H12N2O/c15-12-7-11(13-14-12)10-5-4-8-2-1-3-9(8)6-10/h4-7H,1-3H2,(H2,13,14,15). The van der Waals surface area contributed by atoms with Gasteiger partial charge >= 0.3 is 0 Å². The second-order valence-electron chi connectivity index (χ2n) is 4.01. The molecule has 0 saturated heterocycles. The lowest BCUT2D eigenvalue weighted by atomic mass is 10.0. The Morgan fingerprint density at radius 1 is 1.00 bits per heavy atom. The van der Waals surface area contributed by atoms with E-state index in [1.54, 1.807) is 6.07 Å². The van der Waals surface area contributed by atoms with Crippen LogP contribution in [0.1, 0.15) is 17.5 Å². The summed E-state index contributed by atoms with van der Waals surface area (Å²) in [5.74, 6) is 0. The number of aryl methyl sites for hydroxylation is 2. The Hall–Kier alpha value is -1.77. The summed E-state index contributed by atoms with van der Waals surface area (Å²) in [6, 6.07) is 8.02. The number of benzene rings is 1. The molecule has 1 aliphatic rings. The summed E-state index contributed by atoms with van der Waals surface area (Å²) in [7, 11) is 0. The first-order valence-electron chi connectivity index (χ1n) is 5.23. The quantitative estimate of drug-likeness (QED) is 0.725. The predicted molar refractivity (Wildman–Crippen MR) is 58.9 cm³/mol. The maximum atomic E-state index is 11.0. The summed E-state index contributed by atoms with van der Waals surface area (Å²) in [5.41, 5.74) is 4.76. The molecule has 1 aliphatic carbocycles. The minimum Gasteiger partial charge on any atom is -0.298 e. The molecular formula is C12H12N2O. The van der Waals surface area contributed by atoms with Crippen molar-refractivity contribution >= 4 is 0 Å². The normalized spacial score (nSPS) is 14.1. The molecule has 0 aliphatic heterocycles. The maximum Gasteiger partial charge on any atom is 0.264 e. The van der Waals surface area contributed by atoms with Crippen LogP contribution in [-0.4, -0.2) is 10.2 Å². The molecule has 0 saturated carbocycles. The number of hydrogen-bond acceptors (Lipinski definition) is 1. The van der Waals surface area contributed by atoms with E-state index in [0.29, 0.717) is 0 Å². The largest absolute Gasteiger partial charge is 0.298 e. The Labute approximate surface area is 87.1 Å². The molecule has 3 rings (SSSR count).